The van der Waals surface area contributed by atoms with Crippen molar-refractivity contribution in [1.82, 2.24) is 0 Å². The van der Waals surface area contributed by atoms with Gasteiger partial charge >= 0.3 is 0 Å². The maximum Gasteiger partial charge on any atom is 0.0724 e. The van der Waals surface area contributed by atoms with Gasteiger partial charge < -0.3 is 10.5 Å². The first kappa shape index (κ1) is 12.0. The Morgan fingerprint density at radius 3 is 1.94 bits per heavy atom. The first-order valence-electron chi connectivity index (χ1n) is 7.53. The Balaban J connectivity index is 1.67. The summed E-state index contributed by atoms with van der Waals surface area (Å²) in [5.74, 6) is 4.34. The number of hydrogen-bond acceptors (Lipinski definition) is 2. The number of rotatable bonds is 4. The van der Waals surface area contributed by atoms with Gasteiger partial charge in [0.15, 0.2) is 0 Å². The monoisotopic (exact) mass is 237 g/mol. The van der Waals surface area contributed by atoms with E-state index in [-0.39, 0.29) is 6.10 Å². The van der Waals surface area contributed by atoms with Crippen molar-refractivity contribution in [1.29, 1.82) is 0 Å². The molecule has 0 aliphatic heterocycles. The zero-order valence-corrected chi connectivity index (χ0v) is 11.3. The Morgan fingerprint density at radius 1 is 1.00 bits per heavy atom. The standard InChI is InChI=1S/C15H27NO/c1-9(2)14(8-16)17-15-12-4-10-3-11(6-12)7-13(15)5-10/h9-15H,3-8,16H2,1-2H3. The second kappa shape index (κ2) is 4.55. The van der Waals surface area contributed by atoms with Gasteiger partial charge in [0.25, 0.3) is 0 Å². The van der Waals surface area contributed by atoms with Crippen LogP contribution in [0.3, 0.4) is 0 Å². The maximum atomic E-state index is 6.41. The van der Waals surface area contributed by atoms with Gasteiger partial charge in [-0.1, -0.05) is 13.8 Å². The van der Waals surface area contributed by atoms with E-state index in [0.29, 0.717) is 18.6 Å². The molecule has 0 saturated heterocycles. The first-order chi connectivity index (χ1) is 8.17. The predicted molar refractivity (Wildman–Crippen MR) is 69.6 cm³/mol. The molecule has 0 aromatic heterocycles. The van der Waals surface area contributed by atoms with E-state index in [1.165, 1.54) is 32.1 Å². The van der Waals surface area contributed by atoms with E-state index >= 15 is 0 Å². The van der Waals surface area contributed by atoms with Gasteiger partial charge in [0.05, 0.1) is 12.2 Å². The quantitative estimate of drug-likeness (QED) is 0.816. The fraction of sp³-hybridized carbons (Fsp3) is 1.00. The molecule has 1 atom stereocenters. The highest BCUT2D eigenvalue weighted by atomic mass is 16.5. The van der Waals surface area contributed by atoms with Gasteiger partial charge in [-0.3, -0.25) is 0 Å². The van der Waals surface area contributed by atoms with Crippen molar-refractivity contribution in [3.8, 4) is 0 Å². The molecule has 2 heteroatoms. The van der Waals surface area contributed by atoms with Gasteiger partial charge in [-0.25, -0.2) is 0 Å². The van der Waals surface area contributed by atoms with Crippen LogP contribution in [-0.2, 0) is 4.74 Å². The average Bonchev–Trinajstić information content (AvgIpc) is 2.27. The molecule has 0 radical (unpaired) electrons. The summed E-state index contributed by atoms with van der Waals surface area (Å²) in [4.78, 5) is 0. The largest absolute Gasteiger partial charge is 0.373 e. The van der Waals surface area contributed by atoms with Crippen LogP contribution in [0.2, 0.25) is 0 Å². The van der Waals surface area contributed by atoms with E-state index in [9.17, 15) is 0 Å². The van der Waals surface area contributed by atoms with Gasteiger partial charge in [-0.2, -0.15) is 0 Å². The molecule has 4 aliphatic rings. The van der Waals surface area contributed by atoms with Crippen molar-refractivity contribution in [2.45, 2.75) is 58.2 Å². The Hall–Kier alpha value is -0.0800. The maximum absolute atomic E-state index is 6.41. The Morgan fingerprint density at radius 2 is 1.53 bits per heavy atom. The van der Waals surface area contributed by atoms with Crippen LogP contribution in [0.4, 0.5) is 0 Å². The minimum Gasteiger partial charge on any atom is -0.373 e. The van der Waals surface area contributed by atoms with Crippen LogP contribution in [0.5, 0.6) is 0 Å². The molecule has 1 unspecified atom stereocenters. The second-order valence-corrected chi connectivity index (χ2v) is 7.05. The minimum absolute atomic E-state index is 0.275. The molecule has 0 aromatic rings. The summed E-state index contributed by atoms with van der Waals surface area (Å²) in [5.41, 5.74) is 5.85. The van der Waals surface area contributed by atoms with Crippen LogP contribution >= 0.6 is 0 Å². The smallest absolute Gasteiger partial charge is 0.0724 e. The van der Waals surface area contributed by atoms with E-state index in [0.717, 1.165) is 23.7 Å². The van der Waals surface area contributed by atoms with Crippen LogP contribution in [0.15, 0.2) is 0 Å². The van der Waals surface area contributed by atoms with Gasteiger partial charge in [-0.15, -0.1) is 0 Å². The molecule has 4 aliphatic carbocycles. The normalized spacial score (nSPS) is 45.5. The third kappa shape index (κ3) is 2.15. The van der Waals surface area contributed by atoms with Gasteiger partial charge in [0.2, 0.25) is 0 Å². The van der Waals surface area contributed by atoms with E-state index < -0.39 is 0 Å². The summed E-state index contributed by atoms with van der Waals surface area (Å²) in [6, 6.07) is 0. The molecule has 4 fully saturated rings. The Bertz CT molecular complexity index is 248. The minimum atomic E-state index is 0.275. The molecule has 2 N–H and O–H groups in total. The summed E-state index contributed by atoms with van der Waals surface area (Å²) in [7, 11) is 0. The molecule has 4 bridgehead atoms. The fourth-order valence-electron chi connectivity index (χ4n) is 4.78. The van der Waals surface area contributed by atoms with E-state index in [2.05, 4.69) is 13.8 Å². The van der Waals surface area contributed by atoms with Crippen molar-refractivity contribution in [3.05, 3.63) is 0 Å². The number of nitrogens with two attached hydrogens (primary N) is 1. The summed E-state index contributed by atoms with van der Waals surface area (Å²) < 4.78 is 6.41. The highest BCUT2D eigenvalue weighted by Crippen LogP contribution is 2.54. The molecular formula is C15H27NO. The second-order valence-electron chi connectivity index (χ2n) is 7.05. The summed E-state index contributed by atoms with van der Waals surface area (Å²) in [5, 5.41) is 0. The number of ether oxygens (including phenoxy) is 1. The van der Waals surface area contributed by atoms with Gasteiger partial charge in [0, 0.05) is 6.54 Å². The summed E-state index contributed by atoms with van der Waals surface area (Å²) >= 11 is 0. The summed E-state index contributed by atoms with van der Waals surface area (Å²) in [6.45, 7) is 5.14. The lowest BCUT2D eigenvalue weighted by Gasteiger charge is -2.54. The van der Waals surface area contributed by atoms with E-state index in [1.54, 1.807) is 0 Å². The van der Waals surface area contributed by atoms with Crippen molar-refractivity contribution in [2.24, 2.45) is 35.3 Å². The molecule has 0 amide bonds. The molecule has 2 nitrogen and oxygen atoms in total. The molecule has 98 valence electrons. The topological polar surface area (TPSA) is 35.2 Å². The third-order valence-electron chi connectivity index (χ3n) is 5.45. The highest BCUT2D eigenvalue weighted by Gasteiger charge is 2.49. The SMILES string of the molecule is CC(C)C(CN)OC1C2CC3CC(C2)CC1C3. The van der Waals surface area contributed by atoms with Crippen molar-refractivity contribution >= 4 is 0 Å². The van der Waals surface area contributed by atoms with Crippen molar-refractivity contribution in [2.75, 3.05) is 6.54 Å². The Kier molecular flexibility index (Phi) is 3.20. The van der Waals surface area contributed by atoms with Gasteiger partial charge in [0.1, 0.15) is 0 Å². The molecule has 4 rings (SSSR count). The molecular weight excluding hydrogens is 210 g/mol. The van der Waals surface area contributed by atoms with Gasteiger partial charge in [-0.05, 0) is 61.7 Å². The van der Waals surface area contributed by atoms with Crippen LogP contribution in [0.1, 0.15) is 46.0 Å². The lowest BCUT2D eigenvalue weighted by atomic mass is 9.55. The predicted octanol–water partition coefficient (Wildman–Crippen LogP) is 2.81. The van der Waals surface area contributed by atoms with E-state index in [4.69, 9.17) is 10.5 Å². The Labute approximate surface area is 105 Å². The lowest BCUT2D eigenvalue weighted by molar-refractivity contribution is -0.156. The van der Waals surface area contributed by atoms with Crippen LogP contribution < -0.4 is 5.73 Å². The van der Waals surface area contributed by atoms with Crippen molar-refractivity contribution in [3.63, 3.8) is 0 Å². The van der Waals surface area contributed by atoms with Crippen molar-refractivity contribution < 1.29 is 4.74 Å². The molecule has 0 aromatic carbocycles. The fourth-order valence-corrected chi connectivity index (χ4v) is 4.78. The lowest BCUT2D eigenvalue weighted by Crippen LogP contribution is -2.51. The zero-order valence-electron chi connectivity index (χ0n) is 11.3. The van der Waals surface area contributed by atoms with Crippen LogP contribution in [0.25, 0.3) is 0 Å². The molecule has 4 saturated carbocycles. The number of hydrogen-bond donors (Lipinski definition) is 1. The van der Waals surface area contributed by atoms with E-state index in [1.807, 2.05) is 0 Å². The average molecular weight is 237 g/mol. The third-order valence-corrected chi connectivity index (χ3v) is 5.45. The summed E-state index contributed by atoms with van der Waals surface area (Å²) in [6.07, 6.45) is 8.08. The van der Waals surface area contributed by atoms with Crippen LogP contribution in [-0.4, -0.2) is 18.8 Å². The highest BCUT2D eigenvalue weighted by molar-refractivity contribution is 4.99. The first-order valence-corrected chi connectivity index (χ1v) is 7.53. The molecule has 17 heavy (non-hydrogen) atoms. The zero-order chi connectivity index (χ0) is 12.0. The molecule has 0 heterocycles. The van der Waals surface area contributed by atoms with Crippen LogP contribution in [0, 0.1) is 29.6 Å². The molecule has 0 spiro atoms.